The van der Waals surface area contributed by atoms with Crippen LogP contribution < -0.4 is 0 Å². The van der Waals surface area contributed by atoms with E-state index >= 15 is 0 Å². The van der Waals surface area contributed by atoms with Gasteiger partial charge in [-0.1, -0.05) is 243 Å². The zero-order chi connectivity index (χ0) is 56.1. The molecule has 1 rings (SSSR count). The Morgan fingerprint density at radius 2 is 0.805 bits per heavy atom. The third-order valence-electron chi connectivity index (χ3n) is 14.4. The Morgan fingerprint density at radius 1 is 0.429 bits per heavy atom. The van der Waals surface area contributed by atoms with Crippen LogP contribution in [-0.4, -0.2) is 89.2 Å². The summed E-state index contributed by atoms with van der Waals surface area (Å²) in [6, 6.07) is 0. The molecule has 0 aromatic rings. The van der Waals surface area contributed by atoms with Crippen molar-refractivity contribution in [3.8, 4) is 0 Å². The summed E-state index contributed by atoms with van der Waals surface area (Å²) in [5, 5.41) is 31.5. The molecule has 0 bridgehead atoms. The molecule has 0 amide bonds. The lowest BCUT2D eigenvalue weighted by molar-refractivity contribution is -0.301. The highest BCUT2D eigenvalue weighted by Gasteiger charge is 2.50. The minimum absolute atomic E-state index is 0.0623. The summed E-state index contributed by atoms with van der Waals surface area (Å²) in [6.45, 7) is 5.92. The van der Waals surface area contributed by atoms with E-state index in [1.807, 2.05) is 0 Å². The van der Waals surface area contributed by atoms with E-state index < -0.39 is 67.3 Å². The average molecular weight is 1090 g/mol. The maximum atomic E-state index is 13.1. The monoisotopic (exact) mass is 1090 g/mol. The summed E-state index contributed by atoms with van der Waals surface area (Å²) >= 11 is 0. The molecule has 1 aliphatic rings. The Kier molecular flexibility index (Phi) is 49.7. The van der Waals surface area contributed by atoms with E-state index in [2.05, 4.69) is 69.4 Å². The summed E-state index contributed by atoms with van der Waals surface area (Å²) in [6.07, 6.45) is 52.1. The van der Waals surface area contributed by atoms with Gasteiger partial charge in [0.25, 0.3) is 0 Å². The molecule has 1 fully saturated rings. The molecule has 12 heteroatoms. The van der Waals surface area contributed by atoms with Crippen molar-refractivity contribution in [2.75, 3.05) is 13.2 Å². The van der Waals surface area contributed by atoms with Crippen molar-refractivity contribution in [1.29, 1.82) is 0 Å². The molecule has 0 aromatic carbocycles. The van der Waals surface area contributed by atoms with Gasteiger partial charge in [0.2, 0.25) is 0 Å². The van der Waals surface area contributed by atoms with Crippen LogP contribution >= 0.6 is 0 Å². The van der Waals surface area contributed by atoms with Crippen LogP contribution in [0.4, 0.5) is 0 Å². The van der Waals surface area contributed by atoms with Gasteiger partial charge < -0.3 is 39.0 Å². The van der Waals surface area contributed by atoms with Crippen molar-refractivity contribution < 1.29 is 58.2 Å². The van der Waals surface area contributed by atoms with Crippen LogP contribution in [0.5, 0.6) is 0 Å². The number of hydrogen-bond donors (Lipinski definition) is 3. The van der Waals surface area contributed by atoms with Crippen LogP contribution in [0.2, 0.25) is 0 Å². The number of aliphatic carboxylic acids is 1. The number of allylic oxidation sites excluding steroid dienone is 8. The Hall–Kier alpha value is -3.32. The van der Waals surface area contributed by atoms with E-state index in [4.69, 9.17) is 23.7 Å². The highest BCUT2D eigenvalue weighted by atomic mass is 16.7. The average Bonchev–Trinajstić information content (AvgIpc) is 3.42. The maximum Gasteiger partial charge on any atom is 0.335 e. The lowest BCUT2D eigenvalue weighted by atomic mass is 9.98. The number of aliphatic hydroxyl groups excluding tert-OH is 2. The number of rotatable bonds is 54. The number of hydrogen-bond acceptors (Lipinski definition) is 11. The second kappa shape index (κ2) is 53.3. The molecular weight excluding hydrogens is 973 g/mol. The van der Waals surface area contributed by atoms with E-state index in [1.165, 1.54) is 116 Å². The predicted molar refractivity (Wildman–Crippen MR) is 312 cm³/mol. The number of carbonyl (C=O) groups excluding carboxylic acids is 3. The molecular formula is C65H114O12. The van der Waals surface area contributed by atoms with Gasteiger partial charge >= 0.3 is 23.9 Å². The summed E-state index contributed by atoms with van der Waals surface area (Å²) in [5.74, 6) is -3.13. The van der Waals surface area contributed by atoms with Crippen LogP contribution in [0.25, 0.3) is 0 Å². The third kappa shape index (κ3) is 43.2. The van der Waals surface area contributed by atoms with Gasteiger partial charge in [-0.05, 0) is 77.0 Å². The van der Waals surface area contributed by atoms with Crippen LogP contribution in [-0.2, 0) is 42.9 Å². The molecule has 1 heterocycles. The Labute approximate surface area is 469 Å². The summed E-state index contributed by atoms with van der Waals surface area (Å²) in [5.41, 5.74) is 0. The summed E-state index contributed by atoms with van der Waals surface area (Å²) in [4.78, 5) is 51.2. The van der Waals surface area contributed by atoms with Crippen molar-refractivity contribution in [2.45, 2.75) is 327 Å². The zero-order valence-electron chi connectivity index (χ0n) is 49.2. The maximum absolute atomic E-state index is 13.1. The number of ether oxygens (including phenoxy) is 5. The SMILES string of the molecule is CCC/C=C\C/C=C\CCCCCCCC(=O)OC(COC(=O)CCCCCCCCC/C=C\C/C=C\CCCCC)COC1OC(C(=O)O)C(O)C(O)C1OC(=O)CCCCCCCCCCCCCCCCCCC. The first-order chi connectivity index (χ1) is 37.6. The molecule has 0 saturated carbocycles. The molecule has 77 heavy (non-hydrogen) atoms. The number of carboxylic acids is 1. The second-order valence-electron chi connectivity index (χ2n) is 21.7. The van der Waals surface area contributed by atoms with E-state index in [-0.39, 0.29) is 25.9 Å². The standard InChI is InChI=1S/C65H114O12/c1-4-7-10-13-16-19-22-25-27-29-31-34-36-39-42-45-48-51-57(66)73-54-56(75-58(67)52-49-46-43-40-37-33-24-21-18-15-12-9-6-3)55-74-65-63(61(70)60(69)62(77-65)64(71)72)76-59(68)53-50-47-44-41-38-35-32-30-28-26-23-20-17-14-11-8-5-2/h12,15-16,19,21,24-25,27,56,60-63,65,69-70H,4-11,13-14,17-18,20,22-23,26,28-55H2,1-3H3,(H,71,72)/b15-12-,19-16-,24-21-,27-25-. The molecule has 12 nitrogen and oxygen atoms in total. The fourth-order valence-electron chi connectivity index (χ4n) is 9.50. The Bertz CT molecular complexity index is 1520. The molecule has 6 atom stereocenters. The zero-order valence-corrected chi connectivity index (χ0v) is 49.2. The highest BCUT2D eigenvalue weighted by molar-refractivity contribution is 5.74. The van der Waals surface area contributed by atoms with Crippen LogP contribution in [0.3, 0.4) is 0 Å². The van der Waals surface area contributed by atoms with Crippen molar-refractivity contribution in [3.05, 3.63) is 48.6 Å². The van der Waals surface area contributed by atoms with Gasteiger partial charge in [0, 0.05) is 19.3 Å². The molecule has 1 aliphatic heterocycles. The van der Waals surface area contributed by atoms with Crippen molar-refractivity contribution in [3.63, 3.8) is 0 Å². The lowest BCUT2D eigenvalue weighted by Crippen LogP contribution is -2.61. The number of aliphatic hydroxyl groups is 2. The van der Waals surface area contributed by atoms with E-state index in [0.29, 0.717) is 19.3 Å². The first-order valence-electron chi connectivity index (χ1n) is 31.6. The predicted octanol–water partition coefficient (Wildman–Crippen LogP) is 16.6. The fraction of sp³-hybridized carbons (Fsp3) is 0.815. The van der Waals surface area contributed by atoms with Crippen molar-refractivity contribution in [1.82, 2.24) is 0 Å². The minimum Gasteiger partial charge on any atom is -0.479 e. The van der Waals surface area contributed by atoms with Crippen molar-refractivity contribution >= 4 is 23.9 Å². The minimum atomic E-state index is -1.90. The Morgan fingerprint density at radius 3 is 1.25 bits per heavy atom. The molecule has 0 spiro atoms. The first-order valence-corrected chi connectivity index (χ1v) is 31.6. The lowest BCUT2D eigenvalue weighted by Gasteiger charge is -2.40. The van der Waals surface area contributed by atoms with Crippen LogP contribution in [0.1, 0.15) is 290 Å². The van der Waals surface area contributed by atoms with E-state index in [0.717, 1.165) is 116 Å². The summed E-state index contributed by atoms with van der Waals surface area (Å²) < 4.78 is 28.5. The highest BCUT2D eigenvalue weighted by Crippen LogP contribution is 2.27. The van der Waals surface area contributed by atoms with Crippen molar-refractivity contribution in [2.24, 2.45) is 0 Å². The molecule has 6 unspecified atom stereocenters. The first kappa shape index (κ1) is 71.7. The van der Waals surface area contributed by atoms with E-state index in [9.17, 15) is 34.5 Å². The van der Waals surface area contributed by atoms with Gasteiger partial charge in [0.1, 0.15) is 18.8 Å². The van der Waals surface area contributed by atoms with Gasteiger partial charge in [-0.25, -0.2) is 4.79 Å². The molecule has 0 radical (unpaired) electrons. The third-order valence-corrected chi connectivity index (χ3v) is 14.4. The smallest absolute Gasteiger partial charge is 0.335 e. The number of esters is 3. The quantitative estimate of drug-likeness (QED) is 0.0228. The van der Waals surface area contributed by atoms with Crippen LogP contribution in [0, 0.1) is 0 Å². The molecule has 0 aromatic heterocycles. The van der Waals surface area contributed by atoms with Gasteiger partial charge in [0.15, 0.2) is 24.6 Å². The number of carbonyl (C=O) groups is 4. The molecule has 0 aliphatic carbocycles. The number of carboxylic acid groups (broad SMARTS) is 1. The molecule has 446 valence electrons. The van der Waals surface area contributed by atoms with Crippen LogP contribution in [0.15, 0.2) is 48.6 Å². The molecule has 1 saturated heterocycles. The topological polar surface area (TPSA) is 175 Å². The van der Waals surface area contributed by atoms with Gasteiger partial charge in [-0.3, -0.25) is 14.4 Å². The number of unbranched alkanes of at least 4 members (excludes halogenated alkanes) is 32. The van der Waals surface area contributed by atoms with Gasteiger partial charge in [-0.15, -0.1) is 0 Å². The van der Waals surface area contributed by atoms with E-state index in [1.54, 1.807) is 0 Å². The fourth-order valence-corrected chi connectivity index (χ4v) is 9.50. The summed E-state index contributed by atoms with van der Waals surface area (Å²) in [7, 11) is 0. The second-order valence-corrected chi connectivity index (χ2v) is 21.7. The normalized spacial score (nSPS) is 18.3. The largest absolute Gasteiger partial charge is 0.479 e. The molecule has 3 N–H and O–H groups in total. The Balaban J connectivity index is 2.66. The van der Waals surface area contributed by atoms with Gasteiger partial charge in [0.05, 0.1) is 6.61 Å². The van der Waals surface area contributed by atoms with Gasteiger partial charge in [-0.2, -0.15) is 0 Å².